The number of amides is 1. The van der Waals surface area contributed by atoms with E-state index in [0.717, 1.165) is 25.7 Å². The Morgan fingerprint density at radius 2 is 1.78 bits per heavy atom. The Morgan fingerprint density at radius 1 is 1.07 bits per heavy atom. The molecule has 1 heterocycles. The predicted molar refractivity (Wildman–Crippen MR) is 101 cm³/mol. The minimum atomic E-state index is -0.258. The standard InChI is InChI=1S/C21H29NO5/c1-2-25-20(23)12-13-22(17-8-6-4-3-5-7-9-17)21(24)16-10-11-18-19(14-16)27-15-26-18/h10-11,14,17H,2-9,12-13,15H2,1H3. The topological polar surface area (TPSA) is 65.1 Å². The number of rotatable bonds is 6. The van der Waals surface area contributed by atoms with E-state index >= 15 is 0 Å². The first-order valence-electron chi connectivity index (χ1n) is 10.0. The second kappa shape index (κ2) is 9.62. The van der Waals surface area contributed by atoms with Crippen molar-refractivity contribution in [1.29, 1.82) is 0 Å². The maximum Gasteiger partial charge on any atom is 0.307 e. The Kier molecular flexibility index (Phi) is 6.96. The summed E-state index contributed by atoms with van der Waals surface area (Å²) in [5.41, 5.74) is 0.574. The average Bonchev–Trinajstić information content (AvgIpc) is 3.10. The van der Waals surface area contributed by atoms with Crippen LogP contribution in [0.2, 0.25) is 0 Å². The van der Waals surface area contributed by atoms with E-state index in [0.29, 0.717) is 30.2 Å². The molecular weight excluding hydrogens is 346 g/mol. The van der Waals surface area contributed by atoms with Gasteiger partial charge in [0.15, 0.2) is 11.5 Å². The summed E-state index contributed by atoms with van der Waals surface area (Å²) in [4.78, 5) is 27.0. The molecule has 6 nitrogen and oxygen atoms in total. The molecule has 27 heavy (non-hydrogen) atoms. The summed E-state index contributed by atoms with van der Waals surface area (Å²) in [6.07, 6.45) is 8.12. The molecule has 0 aromatic heterocycles. The van der Waals surface area contributed by atoms with Gasteiger partial charge < -0.3 is 19.1 Å². The number of nitrogens with zero attached hydrogens (tertiary/aromatic N) is 1. The van der Waals surface area contributed by atoms with Gasteiger partial charge in [0.25, 0.3) is 5.91 Å². The predicted octanol–water partition coefficient (Wildman–Crippen LogP) is 3.92. The molecule has 0 spiro atoms. The zero-order valence-corrected chi connectivity index (χ0v) is 16.1. The first-order chi connectivity index (χ1) is 13.2. The summed E-state index contributed by atoms with van der Waals surface area (Å²) in [5, 5.41) is 0. The van der Waals surface area contributed by atoms with E-state index in [9.17, 15) is 9.59 Å². The highest BCUT2D eigenvalue weighted by Gasteiger charge is 2.27. The molecule has 0 N–H and O–H groups in total. The second-order valence-corrected chi connectivity index (χ2v) is 7.12. The van der Waals surface area contributed by atoms with Gasteiger partial charge in [0, 0.05) is 18.2 Å². The third-order valence-electron chi connectivity index (χ3n) is 5.26. The summed E-state index contributed by atoms with van der Waals surface area (Å²) in [6, 6.07) is 5.45. The number of hydrogen-bond donors (Lipinski definition) is 0. The number of fused-ring (bicyclic) bond motifs is 1. The molecule has 0 atom stereocenters. The van der Waals surface area contributed by atoms with Crippen molar-refractivity contribution in [2.24, 2.45) is 0 Å². The molecule has 0 unspecified atom stereocenters. The van der Waals surface area contributed by atoms with Crippen molar-refractivity contribution in [3.8, 4) is 11.5 Å². The molecule has 6 heteroatoms. The summed E-state index contributed by atoms with van der Waals surface area (Å²) in [6.45, 7) is 2.72. The van der Waals surface area contributed by atoms with Crippen LogP contribution in [0, 0.1) is 0 Å². The molecule has 1 aromatic carbocycles. The fraction of sp³-hybridized carbons (Fsp3) is 0.619. The van der Waals surface area contributed by atoms with Crippen LogP contribution in [0.5, 0.6) is 11.5 Å². The van der Waals surface area contributed by atoms with Gasteiger partial charge in [-0.25, -0.2) is 0 Å². The lowest BCUT2D eigenvalue weighted by molar-refractivity contribution is -0.143. The average molecular weight is 375 g/mol. The van der Waals surface area contributed by atoms with Crippen LogP contribution in [-0.4, -0.2) is 42.8 Å². The van der Waals surface area contributed by atoms with Gasteiger partial charge in [-0.2, -0.15) is 0 Å². The Labute approximate surface area is 160 Å². The van der Waals surface area contributed by atoms with E-state index < -0.39 is 0 Å². The highest BCUT2D eigenvalue weighted by atomic mass is 16.7. The summed E-state index contributed by atoms with van der Waals surface area (Å²) >= 11 is 0. The third kappa shape index (κ3) is 5.15. The summed E-state index contributed by atoms with van der Waals surface area (Å²) in [7, 11) is 0. The first kappa shape index (κ1) is 19.5. The molecule has 1 aliphatic carbocycles. The van der Waals surface area contributed by atoms with Crippen molar-refractivity contribution in [2.45, 2.75) is 64.3 Å². The smallest absolute Gasteiger partial charge is 0.307 e. The van der Waals surface area contributed by atoms with Gasteiger partial charge in [0.05, 0.1) is 13.0 Å². The maximum absolute atomic E-state index is 13.3. The van der Waals surface area contributed by atoms with E-state index in [2.05, 4.69) is 0 Å². The highest BCUT2D eigenvalue weighted by molar-refractivity contribution is 5.95. The zero-order valence-electron chi connectivity index (χ0n) is 16.1. The molecule has 1 aromatic rings. The Hall–Kier alpha value is -2.24. The van der Waals surface area contributed by atoms with Gasteiger partial charge in [-0.1, -0.05) is 32.1 Å². The van der Waals surface area contributed by atoms with Gasteiger partial charge in [0.2, 0.25) is 6.79 Å². The van der Waals surface area contributed by atoms with E-state index in [1.165, 1.54) is 19.3 Å². The molecular formula is C21H29NO5. The molecule has 1 amide bonds. The van der Waals surface area contributed by atoms with Gasteiger partial charge >= 0.3 is 5.97 Å². The van der Waals surface area contributed by atoms with Crippen molar-refractivity contribution in [1.82, 2.24) is 4.90 Å². The van der Waals surface area contributed by atoms with E-state index in [1.807, 2.05) is 4.90 Å². The van der Waals surface area contributed by atoms with E-state index in [4.69, 9.17) is 14.2 Å². The van der Waals surface area contributed by atoms with Crippen molar-refractivity contribution in [3.63, 3.8) is 0 Å². The number of hydrogen-bond acceptors (Lipinski definition) is 5. The van der Waals surface area contributed by atoms with Gasteiger partial charge in [-0.15, -0.1) is 0 Å². The van der Waals surface area contributed by atoms with Crippen LogP contribution in [-0.2, 0) is 9.53 Å². The number of carbonyl (C=O) groups excluding carboxylic acids is 2. The molecule has 0 saturated heterocycles. The van der Waals surface area contributed by atoms with E-state index in [1.54, 1.807) is 25.1 Å². The summed E-state index contributed by atoms with van der Waals surface area (Å²) < 4.78 is 15.8. The van der Waals surface area contributed by atoms with Crippen molar-refractivity contribution in [2.75, 3.05) is 19.9 Å². The van der Waals surface area contributed by atoms with Crippen LogP contribution in [0.4, 0.5) is 0 Å². The molecule has 1 fully saturated rings. The van der Waals surface area contributed by atoms with Gasteiger partial charge in [0.1, 0.15) is 0 Å². The Bertz CT molecular complexity index is 652. The normalized spacial score (nSPS) is 17.1. The number of ether oxygens (including phenoxy) is 3. The maximum atomic E-state index is 13.3. The molecule has 1 aliphatic heterocycles. The monoisotopic (exact) mass is 375 g/mol. The largest absolute Gasteiger partial charge is 0.466 e. The van der Waals surface area contributed by atoms with Crippen LogP contribution in [0.3, 0.4) is 0 Å². The highest BCUT2D eigenvalue weighted by Crippen LogP contribution is 2.33. The third-order valence-corrected chi connectivity index (χ3v) is 5.26. The van der Waals surface area contributed by atoms with Crippen molar-refractivity contribution >= 4 is 11.9 Å². The van der Waals surface area contributed by atoms with Gasteiger partial charge in [-0.05, 0) is 38.0 Å². The lowest BCUT2D eigenvalue weighted by Crippen LogP contribution is -2.42. The molecule has 0 radical (unpaired) electrons. The minimum absolute atomic E-state index is 0.0526. The lowest BCUT2D eigenvalue weighted by atomic mass is 9.95. The van der Waals surface area contributed by atoms with Gasteiger partial charge in [-0.3, -0.25) is 9.59 Å². The molecule has 2 aliphatic rings. The van der Waals surface area contributed by atoms with Crippen LogP contribution in [0.15, 0.2) is 18.2 Å². The minimum Gasteiger partial charge on any atom is -0.466 e. The zero-order chi connectivity index (χ0) is 19.1. The molecule has 1 saturated carbocycles. The van der Waals surface area contributed by atoms with Crippen LogP contribution in [0.25, 0.3) is 0 Å². The molecule has 3 rings (SSSR count). The van der Waals surface area contributed by atoms with Crippen molar-refractivity contribution in [3.05, 3.63) is 23.8 Å². The van der Waals surface area contributed by atoms with Crippen molar-refractivity contribution < 1.29 is 23.8 Å². The number of benzene rings is 1. The number of esters is 1. The Morgan fingerprint density at radius 3 is 2.52 bits per heavy atom. The number of carbonyl (C=O) groups is 2. The van der Waals surface area contributed by atoms with Crippen LogP contribution < -0.4 is 9.47 Å². The van der Waals surface area contributed by atoms with Crippen LogP contribution in [0.1, 0.15) is 68.6 Å². The lowest BCUT2D eigenvalue weighted by Gasteiger charge is -2.33. The quantitative estimate of drug-likeness (QED) is 0.705. The fourth-order valence-electron chi connectivity index (χ4n) is 3.84. The molecule has 0 bridgehead atoms. The summed E-state index contributed by atoms with van der Waals surface area (Å²) in [5.74, 6) is 0.953. The Balaban J connectivity index is 1.76. The van der Waals surface area contributed by atoms with Crippen LogP contribution >= 0.6 is 0 Å². The first-order valence-corrected chi connectivity index (χ1v) is 10.0. The fourth-order valence-corrected chi connectivity index (χ4v) is 3.84. The SMILES string of the molecule is CCOC(=O)CCN(C(=O)c1ccc2c(c1)OCO2)C1CCCCCCC1. The molecule has 148 valence electrons. The van der Waals surface area contributed by atoms with E-state index in [-0.39, 0.29) is 31.1 Å². The second-order valence-electron chi connectivity index (χ2n) is 7.12.